The summed E-state index contributed by atoms with van der Waals surface area (Å²) in [6.45, 7) is 2.15. The van der Waals surface area contributed by atoms with Gasteiger partial charge in [-0.05, 0) is 37.9 Å². The topological polar surface area (TPSA) is 81.2 Å². The summed E-state index contributed by atoms with van der Waals surface area (Å²) in [4.78, 5) is 14.6. The lowest BCUT2D eigenvalue weighted by Gasteiger charge is -2.21. The molecule has 2 heterocycles. The van der Waals surface area contributed by atoms with Crippen molar-refractivity contribution in [3.05, 3.63) is 28.3 Å². The lowest BCUT2D eigenvalue weighted by Crippen LogP contribution is -2.30. The Morgan fingerprint density at radius 3 is 3.10 bits per heavy atom. The number of thioether (sulfide) groups is 1. The van der Waals surface area contributed by atoms with Crippen molar-refractivity contribution in [3.8, 4) is 0 Å². The van der Waals surface area contributed by atoms with E-state index < -0.39 is 4.92 Å². The van der Waals surface area contributed by atoms with Crippen molar-refractivity contribution in [2.75, 3.05) is 18.8 Å². The van der Waals surface area contributed by atoms with Crippen molar-refractivity contribution >= 4 is 41.0 Å². The number of aromatic nitrogens is 1. The highest BCUT2D eigenvalue weighted by Gasteiger charge is 2.16. The number of oxazole rings is 1. The maximum Gasteiger partial charge on any atom is 0.271 e. The zero-order chi connectivity index (χ0) is 13.9. The van der Waals surface area contributed by atoms with E-state index in [1.807, 2.05) is 0 Å². The fraction of sp³-hybridized carbons (Fsp3) is 0.462. The fourth-order valence-corrected chi connectivity index (χ4v) is 3.30. The molecule has 8 heteroatoms. The second kappa shape index (κ2) is 7.11. The van der Waals surface area contributed by atoms with E-state index in [1.54, 1.807) is 17.8 Å². The number of nitrogens with one attached hydrogen (secondary N) is 1. The third kappa shape index (κ3) is 3.87. The van der Waals surface area contributed by atoms with Gasteiger partial charge in [-0.15, -0.1) is 12.4 Å². The summed E-state index contributed by atoms with van der Waals surface area (Å²) in [6, 6.07) is 4.49. The Labute approximate surface area is 132 Å². The van der Waals surface area contributed by atoms with Crippen molar-refractivity contribution < 1.29 is 9.34 Å². The molecule has 114 valence electrons. The molecule has 0 bridgehead atoms. The summed E-state index contributed by atoms with van der Waals surface area (Å²) in [7, 11) is 0. The summed E-state index contributed by atoms with van der Waals surface area (Å²) in [5.41, 5.74) is 1.18. The van der Waals surface area contributed by atoms with Gasteiger partial charge < -0.3 is 9.73 Å². The summed E-state index contributed by atoms with van der Waals surface area (Å²) >= 11 is 1.58. The van der Waals surface area contributed by atoms with Gasteiger partial charge in [0, 0.05) is 17.9 Å². The molecule has 1 saturated heterocycles. The van der Waals surface area contributed by atoms with Gasteiger partial charge in [0.25, 0.3) is 10.9 Å². The van der Waals surface area contributed by atoms with Gasteiger partial charge >= 0.3 is 0 Å². The van der Waals surface area contributed by atoms with Crippen LogP contribution in [-0.4, -0.2) is 28.7 Å². The molecule has 1 aromatic heterocycles. The molecule has 0 amide bonds. The Kier molecular flexibility index (Phi) is 5.44. The standard InChI is InChI=1S/C13H15N3O3S.ClH/c17-16(18)10-3-4-12-11(6-10)15-13(19-12)20-8-9-2-1-5-14-7-9;/h3-4,6,9,14H,1-2,5,7-8H2;1H. The van der Waals surface area contributed by atoms with Gasteiger partial charge in [0.2, 0.25) is 0 Å². The van der Waals surface area contributed by atoms with Gasteiger partial charge in [-0.25, -0.2) is 4.98 Å². The number of nitro benzene ring substituents is 1. The lowest BCUT2D eigenvalue weighted by atomic mass is 10.0. The van der Waals surface area contributed by atoms with Crippen molar-refractivity contribution in [3.63, 3.8) is 0 Å². The van der Waals surface area contributed by atoms with Crippen LogP contribution >= 0.6 is 24.2 Å². The van der Waals surface area contributed by atoms with E-state index in [-0.39, 0.29) is 18.1 Å². The van der Waals surface area contributed by atoms with Crippen molar-refractivity contribution in [1.29, 1.82) is 0 Å². The van der Waals surface area contributed by atoms with Crippen LogP contribution in [0.5, 0.6) is 0 Å². The summed E-state index contributed by atoms with van der Waals surface area (Å²) in [5.74, 6) is 1.60. The second-order valence-electron chi connectivity index (χ2n) is 4.91. The van der Waals surface area contributed by atoms with Crippen molar-refractivity contribution in [1.82, 2.24) is 10.3 Å². The number of hydrogen-bond acceptors (Lipinski definition) is 6. The summed E-state index contributed by atoms with van der Waals surface area (Å²) < 4.78 is 5.60. The summed E-state index contributed by atoms with van der Waals surface area (Å²) in [6.07, 6.45) is 2.44. The van der Waals surface area contributed by atoms with Crippen LogP contribution in [0, 0.1) is 16.0 Å². The normalized spacial score (nSPS) is 18.4. The van der Waals surface area contributed by atoms with Crippen LogP contribution in [0.2, 0.25) is 0 Å². The van der Waals surface area contributed by atoms with Gasteiger partial charge in [-0.2, -0.15) is 0 Å². The highest BCUT2D eigenvalue weighted by molar-refractivity contribution is 7.99. The van der Waals surface area contributed by atoms with Crippen LogP contribution in [0.4, 0.5) is 5.69 Å². The molecule has 1 unspecified atom stereocenters. The first kappa shape index (κ1) is 16.1. The minimum atomic E-state index is -0.422. The molecule has 1 atom stereocenters. The molecule has 0 spiro atoms. The van der Waals surface area contributed by atoms with E-state index in [1.165, 1.54) is 25.0 Å². The van der Waals surface area contributed by atoms with Crippen LogP contribution in [0.15, 0.2) is 27.8 Å². The first-order valence-electron chi connectivity index (χ1n) is 6.61. The van der Waals surface area contributed by atoms with Crippen LogP contribution in [-0.2, 0) is 0 Å². The maximum absolute atomic E-state index is 10.7. The number of benzene rings is 1. The molecule has 0 radical (unpaired) electrons. The van der Waals surface area contributed by atoms with E-state index in [2.05, 4.69) is 10.3 Å². The van der Waals surface area contributed by atoms with Gasteiger partial charge in [-0.1, -0.05) is 11.8 Å². The maximum atomic E-state index is 10.7. The van der Waals surface area contributed by atoms with Crippen LogP contribution < -0.4 is 5.32 Å². The average molecular weight is 330 g/mol. The fourth-order valence-electron chi connectivity index (χ4n) is 2.33. The predicted octanol–water partition coefficient (Wildman–Crippen LogP) is 3.25. The Bertz CT molecular complexity index is 628. The van der Waals surface area contributed by atoms with Crippen molar-refractivity contribution in [2.24, 2.45) is 5.92 Å². The number of nitro groups is 1. The van der Waals surface area contributed by atoms with Gasteiger partial charge in [0.05, 0.1) is 4.92 Å². The monoisotopic (exact) mass is 329 g/mol. The molecule has 0 saturated carbocycles. The first-order valence-corrected chi connectivity index (χ1v) is 7.59. The zero-order valence-electron chi connectivity index (χ0n) is 11.3. The Balaban J connectivity index is 0.00000161. The SMILES string of the molecule is Cl.O=[N+]([O-])c1ccc2oc(SCC3CCCNC3)nc2c1. The molecule has 0 aliphatic carbocycles. The predicted molar refractivity (Wildman–Crippen MR) is 84.2 cm³/mol. The van der Waals surface area contributed by atoms with E-state index in [0.717, 1.165) is 18.8 Å². The quantitative estimate of drug-likeness (QED) is 0.527. The molecule has 3 rings (SSSR count). The Morgan fingerprint density at radius 1 is 1.52 bits per heavy atom. The zero-order valence-corrected chi connectivity index (χ0v) is 12.9. The van der Waals surface area contributed by atoms with E-state index >= 15 is 0 Å². The molecule has 6 nitrogen and oxygen atoms in total. The van der Waals surface area contributed by atoms with Gasteiger partial charge in [-0.3, -0.25) is 10.1 Å². The molecule has 1 aromatic carbocycles. The van der Waals surface area contributed by atoms with Gasteiger partial charge in [0.15, 0.2) is 5.58 Å². The number of rotatable bonds is 4. The van der Waals surface area contributed by atoms with E-state index in [0.29, 0.717) is 22.2 Å². The minimum absolute atomic E-state index is 0. The number of hydrogen-bond donors (Lipinski definition) is 1. The van der Waals surface area contributed by atoms with E-state index in [4.69, 9.17) is 4.42 Å². The molecule has 1 N–H and O–H groups in total. The first-order chi connectivity index (χ1) is 9.72. The molecule has 1 fully saturated rings. The highest BCUT2D eigenvalue weighted by Crippen LogP contribution is 2.28. The third-order valence-electron chi connectivity index (χ3n) is 3.40. The highest BCUT2D eigenvalue weighted by atomic mass is 35.5. The summed E-state index contributed by atoms with van der Waals surface area (Å²) in [5, 5.41) is 14.7. The van der Waals surface area contributed by atoms with Gasteiger partial charge in [0.1, 0.15) is 5.52 Å². The third-order valence-corrected chi connectivity index (χ3v) is 4.46. The largest absolute Gasteiger partial charge is 0.431 e. The molecular formula is C13H16ClN3O3S. The number of fused-ring (bicyclic) bond motifs is 1. The average Bonchev–Trinajstić information content (AvgIpc) is 2.88. The number of non-ortho nitro benzene ring substituents is 1. The molecule has 1 aliphatic heterocycles. The van der Waals surface area contributed by atoms with Crippen LogP contribution in [0.1, 0.15) is 12.8 Å². The number of nitrogens with zero attached hydrogens (tertiary/aromatic N) is 2. The molecule has 2 aromatic rings. The molecule has 21 heavy (non-hydrogen) atoms. The minimum Gasteiger partial charge on any atom is -0.431 e. The van der Waals surface area contributed by atoms with Crippen LogP contribution in [0.25, 0.3) is 11.1 Å². The smallest absolute Gasteiger partial charge is 0.271 e. The van der Waals surface area contributed by atoms with E-state index in [9.17, 15) is 10.1 Å². The lowest BCUT2D eigenvalue weighted by molar-refractivity contribution is -0.384. The number of piperidine rings is 1. The molecule has 1 aliphatic rings. The van der Waals surface area contributed by atoms with Crippen molar-refractivity contribution in [2.45, 2.75) is 18.1 Å². The molecular weight excluding hydrogens is 314 g/mol. The Morgan fingerprint density at radius 2 is 2.38 bits per heavy atom. The second-order valence-corrected chi connectivity index (χ2v) is 5.88. The Hall–Kier alpha value is -1.31. The van der Waals surface area contributed by atoms with Crippen LogP contribution in [0.3, 0.4) is 0 Å². The number of halogens is 1.